The molecule has 1 aromatic carbocycles. The lowest BCUT2D eigenvalue weighted by Gasteiger charge is -2.06. The second kappa shape index (κ2) is 5.31. The van der Waals surface area contributed by atoms with Crippen LogP contribution in [0.25, 0.3) is 10.1 Å². The molecule has 0 unspecified atom stereocenters. The molecule has 2 aromatic heterocycles. The zero-order chi connectivity index (χ0) is 15.0. The van der Waals surface area contributed by atoms with Crippen LogP contribution in [0.3, 0.4) is 0 Å². The molecule has 3 aromatic rings. The summed E-state index contributed by atoms with van der Waals surface area (Å²) in [6, 6.07) is 5.77. The average molecular weight is 322 g/mol. The van der Waals surface area contributed by atoms with Gasteiger partial charge in [-0.05, 0) is 24.3 Å². The van der Waals surface area contributed by atoms with Crippen molar-refractivity contribution in [2.45, 2.75) is 0 Å². The van der Waals surface area contributed by atoms with Gasteiger partial charge in [0.1, 0.15) is 10.7 Å². The summed E-state index contributed by atoms with van der Waals surface area (Å²) in [6.45, 7) is 0. The summed E-state index contributed by atoms with van der Waals surface area (Å²) in [7, 11) is 0. The summed E-state index contributed by atoms with van der Waals surface area (Å²) in [5.74, 6) is -1.06. The Morgan fingerprint density at radius 3 is 2.90 bits per heavy atom. The summed E-state index contributed by atoms with van der Waals surface area (Å²) in [5.41, 5.74) is 6.38. The van der Waals surface area contributed by atoms with Crippen molar-refractivity contribution >= 4 is 50.3 Å². The summed E-state index contributed by atoms with van der Waals surface area (Å²) >= 11 is 6.88. The number of thiophene rings is 1. The number of hydrogen-bond donors (Lipinski definition) is 2. The summed E-state index contributed by atoms with van der Waals surface area (Å²) < 4.78 is 14.5. The van der Waals surface area contributed by atoms with E-state index < -0.39 is 11.7 Å². The summed E-state index contributed by atoms with van der Waals surface area (Å²) in [6.07, 6.45) is 3.24. The van der Waals surface area contributed by atoms with E-state index >= 15 is 0 Å². The maximum absolute atomic E-state index is 13.7. The normalized spacial score (nSPS) is 10.8. The molecule has 21 heavy (non-hydrogen) atoms. The predicted octanol–water partition coefficient (Wildman–Crippen LogP) is 3.92. The second-order valence-corrected chi connectivity index (χ2v) is 5.78. The zero-order valence-electron chi connectivity index (χ0n) is 10.6. The number of carbonyl (C=O) groups is 1. The van der Waals surface area contributed by atoms with Crippen LogP contribution in [-0.4, -0.2) is 10.9 Å². The minimum atomic E-state index is -0.600. The highest BCUT2D eigenvalue weighted by atomic mass is 35.5. The molecule has 3 N–H and O–H groups in total. The van der Waals surface area contributed by atoms with E-state index in [1.807, 2.05) is 0 Å². The molecular weight excluding hydrogens is 313 g/mol. The molecular formula is C14H9ClFN3OS. The number of carbonyl (C=O) groups excluding carboxylic acids is 1. The molecule has 0 fully saturated rings. The Bertz CT molecular complexity index is 849. The van der Waals surface area contributed by atoms with Gasteiger partial charge in [0, 0.05) is 22.8 Å². The maximum atomic E-state index is 13.7. The van der Waals surface area contributed by atoms with Crippen molar-refractivity contribution in [2.75, 3.05) is 11.1 Å². The van der Waals surface area contributed by atoms with Crippen LogP contribution in [0.4, 0.5) is 15.8 Å². The molecule has 0 saturated carbocycles. The standard InChI is InChI=1S/C14H9ClFN3OS/c15-7-1-2-10(9(16)5-7)19-14(20)13-12(17)8-3-4-18-6-11(8)21-13/h1-6H,17H2,(H,19,20). The maximum Gasteiger partial charge on any atom is 0.267 e. The molecule has 3 rings (SSSR count). The number of pyridine rings is 1. The number of nitrogen functional groups attached to an aromatic ring is 1. The van der Waals surface area contributed by atoms with Gasteiger partial charge in [-0.1, -0.05) is 11.6 Å². The highest BCUT2D eigenvalue weighted by molar-refractivity contribution is 7.21. The molecule has 0 saturated heterocycles. The lowest BCUT2D eigenvalue weighted by molar-refractivity contribution is 0.103. The van der Waals surface area contributed by atoms with Gasteiger partial charge in [0.15, 0.2) is 0 Å². The van der Waals surface area contributed by atoms with Crippen molar-refractivity contribution in [3.8, 4) is 0 Å². The quantitative estimate of drug-likeness (QED) is 0.751. The number of nitrogens with one attached hydrogen (secondary N) is 1. The van der Waals surface area contributed by atoms with Gasteiger partial charge in [-0.3, -0.25) is 9.78 Å². The minimum Gasteiger partial charge on any atom is -0.397 e. The van der Waals surface area contributed by atoms with Gasteiger partial charge < -0.3 is 11.1 Å². The van der Waals surface area contributed by atoms with Gasteiger partial charge in [0.2, 0.25) is 0 Å². The number of rotatable bonds is 2. The van der Waals surface area contributed by atoms with Crippen LogP contribution in [0.5, 0.6) is 0 Å². The van der Waals surface area contributed by atoms with Crippen molar-refractivity contribution in [1.29, 1.82) is 0 Å². The zero-order valence-corrected chi connectivity index (χ0v) is 12.1. The number of anilines is 2. The summed E-state index contributed by atoms with van der Waals surface area (Å²) in [5, 5.41) is 3.52. The number of benzene rings is 1. The third kappa shape index (κ3) is 2.55. The Morgan fingerprint density at radius 1 is 1.38 bits per heavy atom. The van der Waals surface area contributed by atoms with Crippen molar-refractivity contribution in [3.05, 3.63) is 52.4 Å². The number of amides is 1. The van der Waals surface area contributed by atoms with Crippen LogP contribution in [0, 0.1) is 5.82 Å². The molecule has 0 aliphatic carbocycles. The highest BCUT2D eigenvalue weighted by Crippen LogP contribution is 2.33. The lowest BCUT2D eigenvalue weighted by atomic mass is 10.2. The molecule has 0 bridgehead atoms. The molecule has 0 aliphatic heterocycles. The molecule has 2 heterocycles. The van der Waals surface area contributed by atoms with Gasteiger partial charge in [-0.2, -0.15) is 0 Å². The van der Waals surface area contributed by atoms with Crippen LogP contribution in [0.1, 0.15) is 9.67 Å². The van der Waals surface area contributed by atoms with E-state index in [1.54, 1.807) is 18.5 Å². The van der Waals surface area contributed by atoms with E-state index in [2.05, 4.69) is 10.3 Å². The first-order chi connectivity index (χ1) is 10.1. The molecule has 0 spiro atoms. The van der Waals surface area contributed by atoms with E-state index in [0.29, 0.717) is 10.6 Å². The average Bonchev–Trinajstić information content (AvgIpc) is 2.80. The van der Waals surface area contributed by atoms with Gasteiger partial charge in [-0.25, -0.2) is 4.39 Å². The monoisotopic (exact) mass is 321 g/mol. The van der Waals surface area contributed by atoms with Crippen LogP contribution >= 0.6 is 22.9 Å². The van der Waals surface area contributed by atoms with E-state index in [4.69, 9.17) is 17.3 Å². The van der Waals surface area contributed by atoms with Crippen molar-refractivity contribution in [3.63, 3.8) is 0 Å². The fourth-order valence-electron chi connectivity index (χ4n) is 1.91. The van der Waals surface area contributed by atoms with Crippen LogP contribution in [-0.2, 0) is 0 Å². The fraction of sp³-hybridized carbons (Fsp3) is 0. The predicted molar refractivity (Wildman–Crippen MR) is 83.4 cm³/mol. The highest BCUT2D eigenvalue weighted by Gasteiger charge is 2.17. The van der Waals surface area contributed by atoms with E-state index in [0.717, 1.165) is 16.2 Å². The number of aromatic nitrogens is 1. The largest absolute Gasteiger partial charge is 0.397 e. The number of nitrogens with two attached hydrogens (primary N) is 1. The molecule has 106 valence electrons. The first kappa shape index (κ1) is 13.8. The van der Waals surface area contributed by atoms with Gasteiger partial charge in [-0.15, -0.1) is 11.3 Å². The molecule has 0 atom stereocenters. The first-order valence-electron chi connectivity index (χ1n) is 5.94. The van der Waals surface area contributed by atoms with Gasteiger partial charge in [0.25, 0.3) is 5.91 Å². The first-order valence-corrected chi connectivity index (χ1v) is 7.14. The minimum absolute atomic E-state index is 0.0550. The lowest BCUT2D eigenvalue weighted by Crippen LogP contribution is -2.13. The van der Waals surface area contributed by atoms with E-state index in [1.165, 1.54) is 23.5 Å². The Hall–Kier alpha value is -2.18. The van der Waals surface area contributed by atoms with Crippen LogP contribution < -0.4 is 11.1 Å². The third-order valence-electron chi connectivity index (χ3n) is 2.92. The number of halogens is 2. The fourth-order valence-corrected chi connectivity index (χ4v) is 3.05. The van der Waals surface area contributed by atoms with Gasteiger partial charge >= 0.3 is 0 Å². The molecule has 1 amide bonds. The Balaban J connectivity index is 1.95. The van der Waals surface area contributed by atoms with Crippen molar-refractivity contribution < 1.29 is 9.18 Å². The second-order valence-electron chi connectivity index (χ2n) is 4.29. The Kier molecular flexibility index (Phi) is 3.48. The Morgan fingerprint density at radius 2 is 2.19 bits per heavy atom. The van der Waals surface area contributed by atoms with Crippen molar-refractivity contribution in [2.24, 2.45) is 0 Å². The molecule has 4 nitrogen and oxygen atoms in total. The van der Waals surface area contributed by atoms with Gasteiger partial charge in [0.05, 0.1) is 16.1 Å². The van der Waals surface area contributed by atoms with Crippen LogP contribution in [0.2, 0.25) is 5.02 Å². The Labute approximate surface area is 128 Å². The topological polar surface area (TPSA) is 68.0 Å². The molecule has 0 radical (unpaired) electrons. The third-order valence-corrected chi connectivity index (χ3v) is 4.31. The van der Waals surface area contributed by atoms with E-state index in [-0.39, 0.29) is 10.7 Å². The molecule has 7 heteroatoms. The SMILES string of the molecule is Nc1c(C(=O)Nc2ccc(Cl)cc2F)sc2cnccc12. The van der Waals surface area contributed by atoms with Crippen LogP contribution in [0.15, 0.2) is 36.7 Å². The summed E-state index contributed by atoms with van der Waals surface area (Å²) in [4.78, 5) is 16.6. The number of fused-ring (bicyclic) bond motifs is 1. The smallest absolute Gasteiger partial charge is 0.267 e. The number of nitrogens with zero attached hydrogens (tertiary/aromatic N) is 1. The van der Waals surface area contributed by atoms with Crippen molar-refractivity contribution in [1.82, 2.24) is 4.98 Å². The van der Waals surface area contributed by atoms with E-state index in [9.17, 15) is 9.18 Å². The molecule has 0 aliphatic rings. The number of hydrogen-bond acceptors (Lipinski definition) is 4.